The largest absolute Gasteiger partial charge is 0.465 e. The minimum Gasteiger partial charge on any atom is -0.465 e. The third-order valence-electron chi connectivity index (χ3n) is 3.72. The van der Waals surface area contributed by atoms with Crippen molar-refractivity contribution in [2.24, 2.45) is 0 Å². The van der Waals surface area contributed by atoms with Gasteiger partial charge in [-0.05, 0) is 23.3 Å². The first-order valence-electron chi connectivity index (χ1n) is 8.23. The number of nitrogens with one attached hydrogen (secondary N) is 1. The highest BCUT2D eigenvalue weighted by molar-refractivity contribution is 7.13. The van der Waals surface area contributed by atoms with Crippen molar-refractivity contribution in [3.05, 3.63) is 82.4 Å². The van der Waals surface area contributed by atoms with E-state index >= 15 is 0 Å². The molecule has 0 saturated carbocycles. The number of methoxy groups -OCH3 is 1. The molecule has 2 aromatic carbocycles. The van der Waals surface area contributed by atoms with Gasteiger partial charge in [-0.25, -0.2) is 14.6 Å². The van der Waals surface area contributed by atoms with Crippen molar-refractivity contribution in [2.75, 3.05) is 12.4 Å². The average Bonchev–Trinajstić information content (AvgIpc) is 3.20. The maximum atomic E-state index is 12.2. The molecule has 3 aromatic rings. The molecule has 0 bridgehead atoms. The minimum absolute atomic E-state index is 0.0496. The van der Waals surface area contributed by atoms with Crippen molar-refractivity contribution in [1.29, 1.82) is 0 Å². The monoisotopic (exact) mass is 382 g/mol. The van der Waals surface area contributed by atoms with Crippen LogP contribution < -0.4 is 5.32 Å². The molecule has 0 spiro atoms. The summed E-state index contributed by atoms with van der Waals surface area (Å²) in [7, 11) is 1.32. The number of benzene rings is 2. The van der Waals surface area contributed by atoms with E-state index in [4.69, 9.17) is 4.74 Å². The quantitative estimate of drug-likeness (QED) is 0.625. The summed E-state index contributed by atoms with van der Waals surface area (Å²) >= 11 is 1.34. The van der Waals surface area contributed by atoms with Crippen LogP contribution in [0.15, 0.2) is 60.0 Å². The number of esters is 2. The Bertz CT molecular complexity index is 924. The highest BCUT2D eigenvalue weighted by Crippen LogP contribution is 2.18. The zero-order valence-corrected chi connectivity index (χ0v) is 15.5. The Hall–Kier alpha value is -3.19. The Morgan fingerprint density at radius 2 is 1.81 bits per heavy atom. The average molecular weight is 382 g/mol. The van der Waals surface area contributed by atoms with Crippen molar-refractivity contribution < 1.29 is 19.1 Å². The van der Waals surface area contributed by atoms with Gasteiger partial charge in [0.2, 0.25) is 0 Å². The molecule has 0 amide bonds. The molecule has 0 radical (unpaired) electrons. The van der Waals surface area contributed by atoms with Crippen LogP contribution in [0.5, 0.6) is 0 Å². The summed E-state index contributed by atoms with van der Waals surface area (Å²) < 4.78 is 9.97. The van der Waals surface area contributed by atoms with Crippen LogP contribution in [0.2, 0.25) is 0 Å². The SMILES string of the molecule is COC(=O)c1cccc(COC(=O)c2csc(NCc3ccccc3)n2)c1. The van der Waals surface area contributed by atoms with Gasteiger partial charge in [-0.1, -0.05) is 42.5 Å². The number of ether oxygens (including phenoxy) is 2. The first kappa shape index (κ1) is 18.6. The standard InChI is InChI=1S/C20H18N2O4S/c1-25-18(23)16-9-5-8-15(10-16)12-26-19(24)17-13-27-20(22-17)21-11-14-6-3-2-4-7-14/h2-10,13H,11-12H2,1H3,(H,21,22). The van der Waals surface area contributed by atoms with Crippen LogP contribution in [0.1, 0.15) is 32.0 Å². The summed E-state index contributed by atoms with van der Waals surface area (Å²) in [5, 5.41) is 5.49. The molecule has 3 rings (SSSR count). The van der Waals surface area contributed by atoms with Crippen molar-refractivity contribution in [1.82, 2.24) is 4.98 Å². The highest BCUT2D eigenvalue weighted by atomic mass is 32.1. The molecule has 0 aliphatic rings. The maximum absolute atomic E-state index is 12.2. The smallest absolute Gasteiger partial charge is 0.358 e. The summed E-state index contributed by atoms with van der Waals surface area (Å²) in [5.41, 5.74) is 2.48. The van der Waals surface area contributed by atoms with Gasteiger partial charge in [0.05, 0.1) is 12.7 Å². The van der Waals surface area contributed by atoms with E-state index in [0.29, 0.717) is 22.8 Å². The normalized spacial score (nSPS) is 10.3. The van der Waals surface area contributed by atoms with Crippen LogP contribution >= 0.6 is 11.3 Å². The molecule has 1 heterocycles. The molecule has 0 saturated heterocycles. The predicted molar refractivity (Wildman–Crippen MR) is 103 cm³/mol. The Balaban J connectivity index is 1.54. The fraction of sp³-hybridized carbons (Fsp3) is 0.150. The summed E-state index contributed by atoms with van der Waals surface area (Å²) in [6, 6.07) is 16.7. The Morgan fingerprint density at radius 3 is 2.59 bits per heavy atom. The van der Waals surface area contributed by atoms with Crippen LogP contribution in [-0.4, -0.2) is 24.0 Å². The van der Waals surface area contributed by atoms with Gasteiger partial charge in [-0.3, -0.25) is 0 Å². The molecule has 7 heteroatoms. The van der Waals surface area contributed by atoms with E-state index in [0.717, 1.165) is 5.56 Å². The van der Waals surface area contributed by atoms with Crippen LogP contribution in [0.4, 0.5) is 5.13 Å². The molecule has 6 nitrogen and oxygen atoms in total. The van der Waals surface area contributed by atoms with Gasteiger partial charge in [0.1, 0.15) is 6.61 Å². The molecule has 0 unspecified atom stereocenters. The molecular weight excluding hydrogens is 364 g/mol. The lowest BCUT2D eigenvalue weighted by atomic mass is 10.1. The molecule has 1 N–H and O–H groups in total. The van der Waals surface area contributed by atoms with Crippen molar-refractivity contribution in [3.63, 3.8) is 0 Å². The van der Waals surface area contributed by atoms with Crippen molar-refractivity contribution >= 4 is 28.4 Å². The number of anilines is 1. The second kappa shape index (κ2) is 8.95. The minimum atomic E-state index is -0.512. The van der Waals surface area contributed by atoms with E-state index in [1.165, 1.54) is 18.4 Å². The Morgan fingerprint density at radius 1 is 1.04 bits per heavy atom. The number of carbonyl (C=O) groups excluding carboxylic acids is 2. The van der Waals surface area contributed by atoms with Crippen LogP contribution in [-0.2, 0) is 22.6 Å². The molecule has 0 aliphatic carbocycles. The van der Waals surface area contributed by atoms with E-state index in [1.54, 1.807) is 29.6 Å². The Kier molecular flexibility index (Phi) is 6.17. The number of carbonyl (C=O) groups is 2. The van der Waals surface area contributed by atoms with Gasteiger partial charge in [0.15, 0.2) is 10.8 Å². The number of rotatable bonds is 7. The van der Waals surface area contributed by atoms with Crippen molar-refractivity contribution in [3.8, 4) is 0 Å². The first-order valence-corrected chi connectivity index (χ1v) is 9.11. The van der Waals surface area contributed by atoms with Gasteiger partial charge in [-0.15, -0.1) is 11.3 Å². The van der Waals surface area contributed by atoms with Gasteiger partial charge < -0.3 is 14.8 Å². The Labute approximate surface area is 160 Å². The topological polar surface area (TPSA) is 77.5 Å². The molecular formula is C20H18N2O4S. The van der Waals surface area contributed by atoms with Gasteiger partial charge >= 0.3 is 11.9 Å². The van der Waals surface area contributed by atoms with Gasteiger partial charge in [0.25, 0.3) is 0 Å². The molecule has 0 fully saturated rings. The fourth-order valence-corrected chi connectivity index (χ4v) is 3.03. The third kappa shape index (κ3) is 5.15. The molecule has 1 aromatic heterocycles. The molecule has 0 atom stereocenters. The highest BCUT2D eigenvalue weighted by Gasteiger charge is 2.13. The number of aromatic nitrogens is 1. The number of thiazole rings is 1. The summed E-state index contributed by atoms with van der Waals surface area (Å²) in [6.45, 7) is 0.678. The lowest BCUT2D eigenvalue weighted by Gasteiger charge is -2.05. The zero-order chi connectivity index (χ0) is 19.1. The summed E-state index contributed by atoms with van der Waals surface area (Å²) in [4.78, 5) is 28.0. The summed E-state index contributed by atoms with van der Waals surface area (Å²) in [6.07, 6.45) is 0. The van der Waals surface area contributed by atoms with E-state index < -0.39 is 11.9 Å². The number of nitrogens with zero attached hydrogens (tertiary/aromatic N) is 1. The zero-order valence-electron chi connectivity index (χ0n) is 14.7. The van der Waals surface area contributed by atoms with Crippen molar-refractivity contribution in [2.45, 2.75) is 13.2 Å². The predicted octanol–water partition coefficient (Wildman–Crippen LogP) is 3.90. The first-order chi connectivity index (χ1) is 13.2. The van der Waals surface area contributed by atoms with E-state index in [2.05, 4.69) is 15.0 Å². The molecule has 27 heavy (non-hydrogen) atoms. The van der Waals surface area contributed by atoms with E-state index in [9.17, 15) is 9.59 Å². The number of hydrogen-bond acceptors (Lipinski definition) is 7. The second-order valence-electron chi connectivity index (χ2n) is 5.65. The van der Waals surface area contributed by atoms with Gasteiger partial charge in [0, 0.05) is 11.9 Å². The molecule has 138 valence electrons. The van der Waals surface area contributed by atoms with Crippen LogP contribution in [0, 0.1) is 0 Å². The fourth-order valence-electron chi connectivity index (χ4n) is 2.35. The lowest BCUT2D eigenvalue weighted by molar-refractivity contribution is 0.0467. The van der Waals surface area contributed by atoms with Gasteiger partial charge in [-0.2, -0.15) is 0 Å². The maximum Gasteiger partial charge on any atom is 0.358 e. The second-order valence-corrected chi connectivity index (χ2v) is 6.50. The third-order valence-corrected chi connectivity index (χ3v) is 4.52. The lowest BCUT2D eigenvalue weighted by Crippen LogP contribution is -2.07. The van der Waals surface area contributed by atoms with E-state index in [-0.39, 0.29) is 12.3 Å². The van der Waals surface area contributed by atoms with E-state index in [1.807, 2.05) is 30.3 Å². The summed E-state index contributed by atoms with van der Waals surface area (Å²) in [5.74, 6) is -0.945. The van der Waals surface area contributed by atoms with Crippen LogP contribution in [0.25, 0.3) is 0 Å². The molecule has 0 aliphatic heterocycles. The number of hydrogen-bond donors (Lipinski definition) is 1. The van der Waals surface area contributed by atoms with Crippen LogP contribution in [0.3, 0.4) is 0 Å².